The number of hydrogen-bond acceptors (Lipinski definition) is 5. The Kier molecular flexibility index (Phi) is 5.49. The number of anilines is 1. The molecule has 0 bridgehead atoms. The van der Waals surface area contributed by atoms with Crippen LogP contribution in [0.1, 0.15) is 6.92 Å². The van der Waals surface area contributed by atoms with Crippen molar-refractivity contribution in [2.45, 2.75) is 13.5 Å². The van der Waals surface area contributed by atoms with E-state index >= 15 is 0 Å². The molecule has 0 saturated heterocycles. The van der Waals surface area contributed by atoms with Crippen LogP contribution in [-0.2, 0) is 11.3 Å². The highest BCUT2D eigenvalue weighted by Gasteiger charge is 2.14. The molecule has 0 fully saturated rings. The Hall–Kier alpha value is -3.65. The fourth-order valence-corrected chi connectivity index (χ4v) is 3.23. The van der Waals surface area contributed by atoms with Gasteiger partial charge in [0, 0.05) is 5.69 Å². The predicted octanol–water partition coefficient (Wildman–Crippen LogP) is 3.27. The second kappa shape index (κ2) is 8.38. The van der Waals surface area contributed by atoms with E-state index in [0.717, 1.165) is 5.75 Å². The molecule has 152 valence electrons. The molecule has 0 radical (unpaired) electrons. The van der Waals surface area contributed by atoms with Gasteiger partial charge < -0.3 is 10.1 Å². The number of ether oxygens (including phenoxy) is 1. The molecule has 1 N–H and O–H groups in total. The second-order valence-electron chi connectivity index (χ2n) is 6.43. The first-order valence-corrected chi connectivity index (χ1v) is 9.65. The van der Waals surface area contributed by atoms with Gasteiger partial charge >= 0.3 is 0 Å². The molecule has 0 spiro atoms. The largest absolute Gasteiger partial charge is 0.494 e. The highest BCUT2D eigenvalue weighted by Crippen LogP contribution is 2.21. The number of fused-ring (bicyclic) bond motifs is 1. The minimum Gasteiger partial charge on any atom is -0.494 e. The SMILES string of the molecule is CCOc1ccc(NC(=O)Cn2cnc3c(cnn3-c3ccccc3Cl)c2=O)cc1. The summed E-state index contributed by atoms with van der Waals surface area (Å²) in [6.45, 7) is 2.29. The van der Waals surface area contributed by atoms with Crippen molar-refractivity contribution in [2.75, 3.05) is 11.9 Å². The van der Waals surface area contributed by atoms with Gasteiger partial charge in [-0.1, -0.05) is 23.7 Å². The van der Waals surface area contributed by atoms with E-state index in [4.69, 9.17) is 16.3 Å². The molecule has 0 unspecified atom stereocenters. The number of benzene rings is 2. The topological polar surface area (TPSA) is 91.0 Å². The molecule has 1 amide bonds. The molecule has 4 aromatic rings. The fourth-order valence-electron chi connectivity index (χ4n) is 3.02. The van der Waals surface area contributed by atoms with Crippen molar-refractivity contribution < 1.29 is 9.53 Å². The number of amides is 1. The highest BCUT2D eigenvalue weighted by atomic mass is 35.5. The summed E-state index contributed by atoms with van der Waals surface area (Å²) in [6.07, 6.45) is 2.76. The van der Waals surface area contributed by atoms with Gasteiger partial charge in [-0.05, 0) is 43.3 Å². The normalized spacial score (nSPS) is 10.9. The van der Waals surface area contributed by atoms with E-state index < -0.39 is 0 Å². The molecule has 0 aliphatic rings. The number of carbonyl (C=O) groups excluding carboxylic acids is 1. The van der Waals surface area contributed by atoms with Crippen LogP contribution in [0.25, 0.3) is 16.7 Å². The predicted molar refractivity (Wildman–Crippen MR) is 114 cm³/mol. The van der Waals surface area contributed by atoms with E-state index in [2.05, 4.69) is 15.4 Å². The van der Waals surface area contributed by atoms with Crippen LogP contribution in [0.5, 0.6) is 5.75 Å². The number of carbonyl (C=O) groups is 1. The number of halogens is 1. The lowest BCUT2D eigenvalue weighted by Gasteiger charge is -2.09. The third kappa shape index (κ3) is 3.90. The Balaban J connectivity index is 1.55. The Morgan fingerprint density at radius 3 is 2.67 bits per heavy atom. The lowest BCUT2D eigenvalue weighted by atomic mass is 10.3. The van der Waals surface area contributed by atoms with Crippen molar-refractivity contribution in [1.82, 2.24) is 19.3 Å². The molecular weight excluding hydrogens is 406 g/mol. The zero-order valence-electron chi connectivity index (χ0n) is 16.1. The lowest BCUT2D eigenvalue weighted by molar-refractivity contribution is -0.116. The molecule has 8 nitrogen and oxygen atoms in total. The molecule has 9 heteroatoms. The average Bonchev–Trinajstić information content (AvgIpc) is 3.17. The molecule has 30 heavy (non-hydrogen) atoms. The second-order valence-corrected chi connectivity index (χ2v) is 6.84. The smallest absolute Gasteiger partial charge is 0.264 e. The standard InChI is InChI=1S/C21H18ClN5O3/c1-2-30-15-9-7-14(8-10-15)25-19(28)12-26-13-23-20-16(21(26)29)11-24-27(20)18-6-4-3-5-17(18)22/h3-11,13H,2,12H2,1H3,(H,25,28). The molecule has 2 aromatic heterocycles. The molecule has 4 rings (SSSR count). The number of nitrogens with zero attached hydrogens (tertiary/aromatic N) is 4. The zero-order chi connectivity index (χ0) is 21.1. The van der Waals surface area contributed by atoms with Gasteiger partial charge in [0.25, 0.3) is 5.56 Å². The summed E-state index contributed by atoms with van der Waals surface area (Å²) in [6, 6.07) is 14.1. The monoisotopic (exact) mass is 423 g/mol. The zero-order valence-corrected chi connectivity index (χ0v) is 16.8. The number of para-hydroxylation sites is 1. The summed E-state index contributed by atoms with van der Waals surface area (Å²) in [7, 11) is 0. The van der Waals surface area contributed by atoms with Crippen molar-refractivity contribution in [1.29, 1.82) is 0 Å². The maximum absolute atomic E-state index is 12.8. The lowest BCUT2D eigenvalue weighted by Crippen LogP contribution is -2.27. The number of hydrogen-bond donors (Lipinski definition) is 1. The minimum atomic E-state index is -0.361. The van der Waals surface area contributed by atoms with Gasteiger partial charge in [-0.25, -0.2) is 9.67 Å². The first-order valence-electron chi connectivity index (χ1n) is 9.27. The van der Waals surface area contributed by atoms with Gasteiger partial charge in [-0.15, -0.1) is 0 Å². The molecular formula is C21H18ClN5O3. The van der Waals surface area contributed by atoms with Crippen molar-refractivity contribution >= 4 is 34.2 Å². The van der Waals surface area contributed by atoms with Crippen LogP contribution >= 0.6 is 11.6 Å². The number of rotatable bonds is 6. The molecule has 0 aliphatic heterocycles. The van der Waals surface area contributed by atoms with E-state index in [-0.39, 0.29) is 18.0 Å². The third-order valence-corrected chi connectivity index (χ3v) is 4.72. The first kappa shape index (κ1) is 19.7. The molecule has 2 aromatic carbocycles. The Labute approximate surface area is 176 Å². The maximum Gasteiger partial charge on any atom is 0.264 e. The molecule has 0 atom stereocenters. The summed E-state index contributed by atoms with van der Waals surface area (Å²) in [5, 5.41) is 7.78. The van der Waals surface area contributed by atoms with Gasteiger partial charge in [0.05, 0.1) is 23.5 Å². The third-order valence-electron chi connectivity index (χ3n) is 4.40. The minimum absolute atomic E-state index is 0.174. The summed E-state index contributed by atoms with van der Waals surface area (Å²) < 4.78 is 8.12. The maximum atomic E-state index is 12.8. The van der Waals surface area contributed by atoms with Crippen LogP contribution in [0.4, 0.5) is 5.69 Å². The van der Waals surface area contributed by atoms with Crippen molar-refractivity contribution in [3.8, 4) is 11.4 Å². The average molecular weight is 424 g/mol. The van der Waals surface area contributed by atoms with Crippen LogP contribution in [-0.4, -0.2) is 31.8 Å². The Morgan fingerprint density at radius 1 is 1.17 bits per heavy atom. The van der Waals surface area contributed by atoms with Crippen molar-refractivity contribution in [3.05, 3.63) is 76.4 Å². The first-order chi connectivity index (χ1) is 14.6. The quantitative estimate of drug-likeness (QED) is 0.514. The van der Waals surface area contributed by atoms with Crippen LogP contribution in [0, 0.1) is 0 Å². The van der Waals surface area contributed by atoms with E-state index in [9.17, 15) is 9.59 Å². The summed E-state index contributed by atoms with van der Waals surface area (Å²) in [4.78, 5) is 29.5. The summed E-state index contributed by atoms with van der Waals surface area (Å²) >= 11 is 6.23. The van der Waals surface area contributed by atoms with Gasteiger partial charge in [-0.2, -0.15) is 5.10 Å². The van der Waals surface area contributed by atoms with Gasteiger partial charge in [0.2, 0.25) is 5.91 Å². The van der Waals surface area contributed by atoms with E-state index in [1.807, 2.05) is 13.0 Å². The Morgan fingerprint density at radius 2 is 1.93 bits per heavy atom. The fraction of sp³-hybridized carbons (Fsp3) is 0.143. The van der Waals surface area contributed by atoms with Gasteiger partial charge in [0.1, 0.15) is 24.0 Å². The Bertz CT molecular complexity index is 1260. The summed E-state index contributed by atoms with van der Waals surface area (Å²) in [5.41, 5.74) is 1.24. The van der Waals surface area contributed by atoms with Crippen LogP contribution in [0.2, 0.25) is 5.02 Å². The van der Waals surface area contributed by atoms with Crippen LogP contribution in [0.3, 0.4) is 0 Å². The molecule has 0 aliphatic carbocycles. The number of aromatic nitrogens is 4. The van der Waals surface area contributed by atoms with Crippen LogP contribution < -0.4 is 15.6 Å². The van der Waals surface area contributed by atoms with Crippen LogP contribution in [0.15, 0.2) is 65.8 Å². The van der Waals surface area contributed by atoms with E-state index in [1.165, 1.54) is 21.8 Å². The van der Waals surface area contributed by atoms with E-state index in [1.54, 1.807) is 42.5 Å². The highest BCUT2D eigenvalue weighted by molar-refractivity contribution is 6.32. The number of nitrogens with one attached hydrogen (secondary N) is 1. The van der Waals surface area contributed by atoms with Crippen molar-refractivity contribution in [3.63, 3.8) is 0 Å². The van der Waals surface area contributed by atoms with Gasteiger partial charge in [-0.3, -0.25) is 14.2 Å². The molecule has 0 saturated carbocycles. The van der Waals surface area contributed by atoms with Crippen molar-refractivity contribution in [2.24, 2.45) is 0 Å². The van der Waals surface area contributed by atoms with E-state index in [0.29, 0.717) is 34.0 Å². The van der Waals surface area contributed by atoms with Gasteiger partial charge in [0.15, 0.2) is 5.65 Å². The molecule has 2 heterocycles. The summed E-state index contributed by atoms with van der Waals surface area (Å²) in [5.74, 6) is 0.373.